The fourth-order valence-electron chi connectivity index (χ4n) is 3.22. The van der Waals surface area contributed by atoms with Gasteiger partial charge in [-0.1, -0.05) is 12.1 Å². The monoisotopic (exact) mass is 311 g/mol. The largest absolute Gasteiger partial charge is 0.388 e. The summed E-state index contributed by atoms with van der Waals surface area (Å²) in [5.41, 5.74) is 1.25. The van der Waals surface area contributed by atoms with Gasteiger partial charge in [-0.15, -0.1) is 0 Å². The average Bonchev–Trinajstić information content (AvgIpc) is 3.16. The Labute approximate surface area is 134 Å². The van der Waals surface area contributed by atoms with Crippen molar-refractivity contribution in [2.45, 2.75) is 25.0 Å². The van der Waals surface area contributed by atoms with E-state index in [9.17, 15) is 5.11 Å². The molecule has 1 aliphatic rings. The SMILES string of the molecule is CN1CCC(O)(Cn2ccnc2-c2nc3ccccc3[nH]2)CC1. The number of hydrogen-bond donors (Lipinski definition) is 2. The summed E-state index contributed by atoms with van der Waals surface area (Å²) < 4.78 is 2.00. The summed E-state index contributed by atoms with van der Waals surface area (Å²) in [5, 5.41) is 10.9. The van der Waals surface area contributed by atoms with Gasteiger partial charge in [0.05, 0.1) is 23.2 Å². The van der Waals surface area contributed by atoms with E-state index in [1.807, 2.05) is 35.0 Å². The molecule has 0 atom stereocenters. The van der Waals surface area contributed by atoms with Gasteiger partial charge in [0, 0.05) is 25.5 Å². The van der Waals surface area contributed by atoms with Gasteiger partial charge in [0.25, 0.3) is 0 Å². The van der Waals surface area contributed by atoms with Gasteiger partial charge in [0.15, 0.2) is 11.6 Å². The number of aliphatic hydroxyl groups is 1. The minimum atomic E-state index is -0.673. The molecule has 1 fully saturated rings. The van der Waals surface area contributed by atoms with Crippen molar-refractivity contribution in [3.05, 3.63) is 36.7 Å². The lowest BCUT2D eigenvalue weighted by Gasteiger charge is -2.36. The molecule has 0 saturated carbocycles. The lowest BCUT2D eigenvalue weighted by atomic mass is 9.91. The molecule has 0 radical (unpaired) electrons. The van der Waals surface area contributed by atoms with Gasteiger partial charge in [-0.05, 0) is 32.0 Å². The Morgan fingerprint density at radius 2 is 2.04 bits per heavy atom. The molecule has 2 aromatic heterocycles. The van der Waals surface area contributed by atoms with E-state index in [2.05, 4.69) is 26.9 Å². The summed E-state index contributed by atoms with van der Waals surface area (Å²) in [6.45, 7) is 2.39. The fourth-order valence-corrected chi connectivity index (χ4v) is 3.22. The van der Waals surface area contributed by atoms with Crippen LogP contribution in [-0.4, -0.2) is 55.3 Å². The lowest BCUT2D eigenvalue weighted by molar-refractivity contribution is -0.0287. The summed E-state index contributed by atoms with van der Waals surface area (Å²) in [5.74, 6) is 1.52. The van der Waals surface area contributed by atoms with Crippen molar-refractivity contribution in [3.63, 3.8) is 0 Å². The van der Waals surface area contributed by atoms with Crippen LogP contribution in [0.2, 0.25) is 0 Å². The van der Waals surface area contributed by atoms with Crippen LogP contribution in [0.5, 0.6) is 0 Å². The van der Waals surface area contributed by atoms with Gasteiger partial charge in [-0.25, -0.2) is 9.97 Å². The summed E-state index contributed by atoms with van der Waals surface area (Å²) in [4.78, 5) is 14.6. The second kappa shape index (κ2) is 5.47. The summed E-state index contributed by atoms with van der Waals surface area (Å²) in [6.07, 6.45) is 5.24. The van der Waals surface area contributed by atoms with Crippen molar-refractivity contribution >= 4 is 11.0 Å². The van der Waals surface area contributed by atoms with Gasteiger partial charge in [-0.2, -0.15) is 0 Å². The van der Waals surface area contributed by atoms with E-state index in [0.29, 0.717) is 6.54 Å². The molecule has 120 valence electrons. The van der Waals surface area contributed by atoms with E-state index in [1.54, 1.807) is 6.20 Å². The van der Waals surface area contributed by atoms with Crippen LogP contribution in [0.25, 0.3) is 22.7 Å². The highest BCUT2D eigenvalue weighted by Gasteiger charge is 2.32. The van der Waals surface area contributed by atoms with Crippen LogP contribution in [0.3, 0.4) is 0 Å². The number of nitrogens with one attached hydrogen (secondary N) is 1. The first-order chi connectivity index (χ1) is 11.1. The summed E-state index contributed by atoms with van der Waals surface area (Å²) >= 11 is 0. The molecule has 1 saturated heterocycles. The van der Waals surface area contributed by atoms with Crippen LogP contribution in [-0.2, 0) is 6.54 Å². The zero-order chi connectivity index (χ0) is 15.9. The molecule has 0 aliphatic carbocycles. The van der Waals surface area contributed by atoms with Gasteiger partial charge in [-0.3, -0.25) is 0 Å². The average molecular weight is 311 g/mol. The molecule has 23 heavy (non-hydrogen) atoms. The van der Waals surface area contributed by atoms with Crippen molar-refractivity contribution in [1.82, 2.24) is 24.4 Å². The number of H-pyrrole nitrogens is 1. The molecule has 0 amide bonds. The zero-order valence-electron chi connectivity index (χ0n) is 13.2. The number of rotatable bonds is 3. The number of nitrogens with zero attached hydrogens (tertiary/aromatic N) is 4. The topological polar surface area (TPSA) is 70.0 Å². The highest BCUT2D eigenvalue weighted by atomic mass is 16.3. The molecule has 2 N–H and O–H groups in total. The number of aromatic nitrogens is 4. The third-order valence-electron chi connectivity index (χ3n) is 4.70. The smallest absolute Gasteiger partial charge is 0.176 e. The lowest BCUT2D eigenvalue weighted by Crippen LogP contribution is -2.45. The summed E-state index contributed by atoms with van der Waals surface area (Å²) in [6, 6.07) is 7.94. The molecule has 1 aromatic carbocycles. The van der Waals surface area contributed by atoms with Crippen LogP contribution in [0.4, 0.5) is 0 Å². The molecule has 1 aliphatic heterocycles. The Balaban J connectivity index is 1.63. The van der Waals surface area contributed by atoms with Crippen LogP contribution >= 0.6 is 0 Å². The number of hydrogen-bond acceptors (Lipinski definition) is 4. The molecule has 3 heterocycles. The van der Waals surface area contributed by atoms with E-state index in [-0.39, 0.29) is 0 Å². The number of likely N-dealkylation sites (tertiary alicyclic amines) is 1. The van der Waals surface area contributed by atoms with Gasteiger partial charge in [0.2, 0.25) is 0 Å². The molecule has 6 nitrogen and oxygen atoms in total. The Kier molecular flexibility index (Phi) is 3.43. The van der Waals surface area contributed by atoms with Gasteiger partial charge < -0.3 is 19.6 Å². The van der Waals surface area contributed by atoms with Crippen LogP contribution in [0, 0.1) is 0 Å². The maximum Gasteiger partial charge on any atom is 0.176 e. The number of piperidine rings is 1. The van der Waals surface area contributed by atoms with Crippen molar-refractivity contribution in [2.24, 2.45) is 0 Å². The quantitative estimate of drug-likeness (QED) is 0.775. The second-order valence-electron chi connectivity index (χ2n) is 6.51. The number of aromatic amines is 1. The van der Waals surface area contributed by atoms with Crippen molar-refractivity contribution in [1.29, 1.82) is 0 Å². The van der Waals surface area contributed by atoms with Crippen LogP contribution in [0.1, 0.15) is 12.8 Å². The summed E-state index contributed by atoms with van der Waals surface area (Å²) in [7, 11) is 2.09. The van der Waals surface area contributed by atoms with Crippen LogP contribution < -0.4 is 0 Å². The first kappa shape index (κ1) is 14.4. The van der Waals surface area contributed by atoms with E-state index < -0.39 is 5.60 Å². The zero-order valence-corrected chi connectivity index (χ0v) is 13.2. The third-order valence-corrected chi connectivity index (χ3v) is 4.70. The molecule has 0 bridgehead atoms. The van der Waals surface area contributed by atoms with Crippen molar-refractivity contribution in [3.8, 4) is 11.6 Å². The standard InChI is InChI=1S/C17H21N5O/c1-21-9-6-17(23,7-10-21)12-22-11-8-18-16(22)15-19-13-4-2-3-5-14(13)20-15/h2-5,8,11,23H,6-7,9-10,12H2,1H3,(H,19,20). The predicted octanol–water partition coefficient (Wildman–Crippen LogP) is 1.88. The number of para-hydroxylation sites is 2. The molecular formula is C17H21N5O. The minimum absolute atomic E-state index is 0.549. The van der Waals surface area contributed by atoms with E-state index in [1.165, 1.54) is 0 Å². The maximum atomic E-state index is 10.9. The van der Waals surface area contributed by atoms with E-state index in [0.717, 1.165) is 48.6 Å². The van der Waals surface area contributed by atoms with E-state index >= 15 is 0 Å². The Hall–Kier alpha value is -2.18. The molecule has 0 spiro atoms. The molecule has 0 unspecified atom stereocenters. The highest BCUT2D eigenvalue weighted by Crippen LogP contribution is 2.26. The normalized spacial score (nSPS) is 18.5. The van der Waals surface area contributed by atoms with E-state index in [4.69, 9.17) is 0 Å². The van der Waals surface area contributed by atoms with Gasteiger partial charge in [0.1, 0.15) is 0 Å². The third kappa shape index (κ3) is 2.75. The molecule has 4 rings (SSSR count). The Morgan fingerprint density at radius 1 is 1.26 bits per heavy atom. The maximum absolute atomic E-state index is 10.9. The number of fused-ring (bicyclic) bond motifs is 1. The van der Waals surface area contributed by atoms with Crippen molar-refractivity contribution < 1.29 is 5.11 Å². The van der Waals surface area contributed by atoms with Crippen LogP contribution in [0.15, 0.2) is 36.7 Å². The molecular weight excluding hydrogens is 290 g/mol. The Bertz CT molecular complexity index is 780. The minimum Gasteiger partial charge on any atom is -0.388 e. The Morgan fingerprint density at radius 3 is 2.83 bits per heavy atom. The molecule has 3 aromatic rings. The first-order valence-electron chi connectivity index (χ1n) is 8.00. The predicted molar refractivity (Wildman–Crippen MR) is 89.0 cm³/mol. The van der Waals surface area contributed by atoms with Crippen molar-refractivity contribution in [2.75, 3.05) is 20.1 Å². The fraction of sp³-hybridized carbons (Fsp3) is 0.412. The van der Waals surface area contributed by atoms with Gasteiger partial charge >= 0.3 is 0 Å². The highest BCUT2D eigenvalue weighted by molar-refractivity contribution is 5.78. The second-order valence-corrected chi connectivity index (χ2v) is 6.51. The number of benzene rings is 1. The number of imidazole rings is 2. The first-order valence-corrected chi connectivity index (χ1v) is 8.00. The molecule has 6 heteroatoms.